The van der Waals surface area contributed by atoms with Crippen LogP contribution in [0.5, 0.6) is 5.75 Å². The molecule has 8 rings (SSSR count). The minimum atomic E-state index is -0.470. The maximum Gasteiger partial charge on any atom is 0.271 e. The van der Waals surface area contributed by atoms with E-state index in [9.17, 15) is 24.5 Å². The molecule has 0 aliphatic rings. The van der Waals surface area contributed by atoms with E-state index in [4.69, 9.17) is 16.3 Å². The first-order chi connectivity index (χ1) is 26.7. The molecule has 0 aliphatic carbocycles. The Morgan fingerprint density at radius 1 is 0.855 bits per heavy atom. The summed E-state index contributed by atoms with van der Waals surface area (Å²) in [5.74, 6) is 0.295. The van der Waals surface area contributed by atoms with Crippen LogP contribution < -0.4 is 20.9 Å². The standard InChI is InChI=1S/C42H35ClN6O6/c1-55-29-14-18-36-33(23-29)26(24-47(36)41(51)25-9-11-27(43)12-10-25)21-38(50)45-20-5-3-2-4-19-44-34-16-15-31-39-30(34)7-6-8-32(39)42(52)48-37-17-13-28(49(53)54)22-35(37)46-40(31)48/h6-18,22-24,44H,2-5,19-21H2,1H3,(H,45,50). The molecule has 0 bridgehead atoms. The number of ether oxygens (including phenoxy) is 1. The van der Waals surface area contributed by atoms with Crippen LogP contribution in [0.3, 0.4) is 0 Å². The van der Waals surface area contributed by atoms with Crippen molar-refractivity contribution in [3.8, 4) is 5.75 Å². The molecule has 0 saturated heterocycles. The fourth-order valence-corrected chi connectivity index (χ4v) is 7.47. The molecule has 0 spiro atoms. The first-order valence-corrected chi connectivity index (χ1v) is 18.4. The Morgan fingerprint density at radius 2 is 1.62 bits per heavy atom. The average Bonchev–Trinajstić information content (AvgIpc) is 3.76. The number of hydrogen-bond acceptors (Lipinski definition) is 8. The number of amides is 1. The van der Waals surface area contributed by atoms with Crippen LogP contribution in [0.15, 0.2) is 102 Å². The lowest BCUT2D eigenvalue weighted by Gasteiger charge is -2.13. The Hall–Kier alpha value is -6.53. The molecular formula is C42H35ClN6O6. The lowest BCUT2D eigenvalue weighted by atomic mass is 10.0. The van der Waals surface area contributed by atoms with Crippen LogP contribution >= 0.6 is 11.6 Å². The highest BCUT2D eigenvalue weighted by Crippen LogP contribution is 2.34. The quantitative estimate of drug-likeness (QED) is 0.0681. The van der Waals surface area contributed by atoms with Crippen LogP contribution in [0.2, 0.25) is 5.02 Å². The molecule has 0 saturated carbocycles. The number of fused-ring (bicyclic) bond motifs is 5. The van der Waals surface area contributed by atoms with Gasteiger partial charge in [-0.05, 0) is 85.1 Å². The molecule has 3 aromatic heterocycles. The lowest BCUT2D eigenvalue weighted by Crippen LogP contribution is -2.26. The average molecular weight is 755 g/mol. The molecule has 0 atom stereocenters. The number of carbonyl (C=O) groups is 2. The van der Waals surface area contributed by atoms with Gasteiger partial charge in [-0.1, -0.05) is 36.6 Å². The lowest BCUT2D eigenvalue weighted by molar-refractivity contribution is -0.384. The summed E-state index contributed by atoms with van der Waals surface area (Å²) in [6.45, 7) is 1.27. The number of unbranched alkanes of at least 4 members (excludes halogenated alkanes) is 3. The zero-order valence-corrected chi connectivity index (χ0v) is 30.6. The van der Waals surface area contributed by atoms with Crippen molar-refractivity contribution in [3.63, 3.8) is 0 Å². The molecule has 276 valence electrons. The number of methoxy groups -OCH3 is 1. The fourth-order valence-electron chi connectivity index (χ4n) is 7.35. The fraction of sp³-hybridized carbons (Fsp3) is 0.190. The maximum absolute atomic E-state index is 13.7. The van der Waals surface area contributed by atoms with E-state index in [1.807, 2.05) is 36.4 Å². The molecule has 3 heterocycles. The minimum Gasteiger partial charge on any atom is -0.497 e. The molecule has 1 amide bonds. The summed E-state index contributed by atoms with van der Waals surface area (Å²) >= 11 is 6.02. The van der Waals surface area contributed by atoms with Crippen LogP contribution in [-0.2, 0) is 11.2 Å². The van der Waals surface area contributed by atoms with Crippen LogP contribution in [0, 0.1) is 10.1 Å². The number of aromatic nitrogens is 3. The predicted octanol–water partition coefficient (Wildman–Crippen LogP) is 8.14. The van der Waals surface area contributed by atoms with Gasteiger partial charge in [0.2, 0.25) is 5.91 Å². The number of benzene rings is 5. The number of rotatable bonds is 13. The predicted molar refractivity (Wildman–Crippen MR) is 215 cm³/mol. The summed E-state index contributed by atoms with van der Waals surface area (Å²) in [7, 11) is 1.58. The third-order valence-electron chi connectivity index (χ3n) is 10.1. The number of nitro benzene ring substituents is 1. The summed E-state index contributed by atoms with van der Waals surface area (Å²) in [6.07, 6.45) is 5.47. The highest BCUT2D eigenvalue weighted by atomic mass is 35.5. The molecule has 0 fully saturated rings. The van der Waals surface area contributed by atoms with E-state index < -0.39 is 4.92 Å². The smallest absolute Gasteiger partial charge is 0.271 e. The van der Waals surface area contributed by atoms with Gasteiger partial charge < -0.3 is 15.4 Å². The first kappa shape index (κ1) is 35.5. The van der Waals surface area contributed by atoms with E-state index >= 15 is 0 Å². The van der Waals surface area contributed by atoms with Gasteiger partial charge in [0, 0.05) is 74.6 Å². The van der Waals surface area contributed by atoms with Crippen LogP contribution in [0.1, 0.15) is 41.6 Å². The number of hydrogen-bond donors (Lipinski definition) is 2. The molecule has 5 aromatic carbocycles. The number of halogens is 1. The molecule has 13 heteroatoms. The van der Waals surface area contributed by atoms with E-state index in [0.29, 0.717) is 50.5 Å². The Bertz CT molecular complexity index is 2850. The van der Waals surface area contributed by atoms with E-state index in [-0.39, 0.29) is 29.5 Å². The number of nitrogens with one attached hydrogen (secondary N) is 2. The van der Waals surface area contributed by atoms with E-state index in [0.717, 1.165) is 65.0 Å². The third kappa shape index (κ3) is 6.65. The normalized spacial score (nSPS) is 11.6. The highest BCUT2D eigenvalue weighted by Gasteiger charge is 2.20. The van der Waals surface area contributed by atoms with Gasteiger partial charge in [0.15, 0.2) is 0 Å². The number of nitrogens with zero attached hydrogens (tertiary/aromatic N) is 4. The van der Waals surface area contributed by atoms with Crippen LogP contribution in [-0.4, -0.2) is 50.9 Å². The van der Waals surface area contributed by atoms with E-state index in [2.05, 4.69) is 15.6 Å². The summed E-state index contributed by atoms with van der Waals surface area (Å²) in [6, 6.07) is 26.1. The van der Waals surface area contributed by atoms with Crippen molar-refractivity contribution in [2.45, 2.75) is 32.1 Å². The van der Waals surface area contributed by atoms with Gasteiger partial charge in [0.1, 0.15) is 11.4 Å². The van der Waals surface area contributed by atoms with Crippen molar-refractivity contribution in [1.82, 2.24) is 19.3 Å². The van der Waals surface area contributed by atoms with Crippen molar-refractivity contribution in [2.24, 2.45) is 0 Å². The number of carbonyl (C=O) groups excluding carboxylic acids is 2. The zero-order valence-electron chi connectivity index (χ0n) is 29.8. The summed E-state index contributed by atoms with van der Waals surface area (Å²) in [4.78, 5) is 55.6. The van der Waals surface area contributed by atoms with Gasteiger partial charge >= 0.3 is 0 Å². The molecule has 2 N–H and O–H groups in total. The number of anilines is 1. The first-order valence-electron chi connectivity index (χ1n) is 18.0. The number of nitro groups is 1. The number of imidazole rings is 1. The van der Waals surface area contributed by atoms with Crippen molar-refractivity contribution >= 4 is 83.9 Å². The molecule has 8 aromatic rings. The number of non-ortho nitro benzene ring substituents is 1. The highest BCUT2D eigenvalue weighted by molar-refractivity contribution is 6.30. The molecule has 0 unspecified atom stereocenters. The molecular weight excluding hydrogens is 720 g/mol. The molecule has 0 aliphatic heterocycles. The maximum atomic E-state index is 13.7. The van der Waals surface area contributed by atoms with Gasteiger partial charge in [-0.25, -0.2) is 4.98 Å². The molecule has 55 heavy (non-hydrogen) atoms. The Balaban J connectivity index is 0.867. The van der Waals surface area contributed by atoms with Crippen molar-refractivity contribution in [2.75, 3.05) is 25.5 Å². The monoisotopic (exact) mass is 754 g/mol. The largest absolute Gasteiger partial charge is 0.497 e. The third-order valence-corrected chi connectivity index (χ3v) is 10.3. The van der Waals surface area contributed by atoms with Crippen molar-refractivity contribution in [3.05, 3.63) is 134 Å². The van der Waals surface area contributed by atoms with Gasteiger partial charge in [0.05, 0.1) is 35.0 Å². The van der Waals surface area contributed by atoms with E-state index in [1.54, 1.807) is 60.3 Å². The molecule has 0 radical (unpaired) electrons. The summed E-state index contributed by atoms with van der Waals surface area (Å²) < 4.78 is 8.52. The van der Waals surface area contributed by atoms with Gasteiger partial charge in [0.25, 0.3) is 17.2 Å². The Morgan fingerprint density at radius 3 is 2.40 bits per heavy atom. The van der Waals surface area contributed by atoms with Gasteiger partial charge in [-0.2, -0.15) is 0 Å². The Kier molecular flexibility index (Phi) is 9.50. The minimum absolute atomic E-state index is 0.0778. The second kappa shape index (κ2) is 14.7. The number of pyridine rings is 1. The van der Waals surface area contributed by atoms with Crippen molar-refractivity contribution < 1.29 is 19.2 Å². The summed E-state index contributed by atoms with van der Waals surface area (Å²) in [5, 5.41) is 22.3. The second-order valence-corrected chi connectivity index (χ2v) is 13.9. The van der Waals surface area contributed by atoms with Gasteiger partial charge in [-0.15, -0.1) is 0 Å². The second-order valence-electron chi connectivity index (χ2n) is 13.5. The van der Waals surface area contributed by atoms with E-state index in [1.165, 1.54) is 16.5 Å². The van der Waals surface area contributed by atoms with Crippen molar-refractivity contribution in [1.29, 1.82) is 0 Å². The Labute approximate surface area is 318 Å². The van der Waals surface area contributed by atoms with Crippen LogP contribution in [0.25, 0.3) is 49.1 Å². The zero-order chi connectivity index (χ0) is 38.2. The molecule has 12 nitrogen and oxygen atoms in total. The topological polar surface area (TPSA) is 150 Å². The van der Waals surface area contributed by atoms with Gasteiger partial charge in [-0.3, -0.25) is 33.5 Å². The summed E-state index contributed by atoms with van der Waals surface area (Å²) in [5.41, 5.74) is 3.92. The van der Waals surface area contributed by atoms with Crippen LogP contribution in [0.4, 0.5) is 11.4 Å². The SMILES string of the molecule is COc1ccc2c(c1)c(CC(=O)NCCCCCCNc1ccc3c4c1cccc4c(=O)n1c4ccc([N+](=O)[O-])cc4nc31)cn2C(=O)c1ccc(Cl)cc1.